The number of fused-ring (bicyclic) bond motifs is 5. The lowest BCUT2D eigenvalue weighted by atomic mass is 10.0. The van der Waals surface area contributed by atoms with Crippen LogP contribution in [0.1, 0.15) is 24.8 Å². The lowest BCUT2D eigenvalue weighted by Crippen LogP contribution is -2.19. The Balaban J connectivity index is 1.50. The molecule has 1 aromatic carbocycles. The van der Waals surface area contributed by atoms with Crippen LogP contribution in [-0.2, 0) is 4.79 Å². The van der Waals surface area contributed by atoms with E-state index in [1.807, 2.05) is 18.2 Å². The van der Waals surface area contributed by atoms with Crippen LogP contribution < -0.4 is 5.32 Å². The van der Waals surface area contributed by atoms with Crippen LogP contribution in [0.5, 0.6) is 0 Å². The Morgan fingerprint density at radius 2 is 1.89 bits per heavy atom. The summed E-state index contributed by atoms with van der Waals surface area (Å²) in [5, 5.41) is 12.0. The topological polar surface area (TPSA) is 52.9 Å². The molecule has 0 saturated heterocycles. The quantitative estimate of drug-likeness (QED) is 0.880. The number of para-hydroxylation sites is 1. The summed E-state index contributed by atoms with van der Waals surface area (Å²) in [6.07, 6.45) is 4.00. The summed E-state index contributed by atoms with van der Waals surface area (Å²) in [7, 11) is 0. The van der Waals surface area contributed by atoms with Gasteiger partial charge in [0.05, 0.1) is 11.3 Å². The molecule has 3 nitrogen and oxygen atoms in total. The fourth-order valence-corrected chi connectivity index (χ4v) is 4.58. The van der Waals surface area contributed by atoms with Gasteiger partial charge in [0.25, 0.3) is 0 Å². The first kappa shape index (κ1) is 11.0. The Morgan fingerprint density at radius 3 is 2.58 bits per heavy atom. The molecule has 3 aliphatic carbocycles. The minimum Gasteiger partial charge on any atom is -0.325 e. The summed E-state index contributed by atoms with van der Waals surface area (Å²) in [4.78, 5) is 12.4. The predicted octanol–water partition coefficient (Wildman–Crippen LogP) is 2.79. The van der Waals surface area contributed by atoms with Gasteiger partial charge in [-0.1, -0.05) is 12.1 Å². The number of anilines is 1. The zero-order chi connectivity index (χ0) is 13.0. The molecule has 2 bridgehead atoms. The highest BCUT2D eigenvalue weighted by atomic mass is 16.2. The molecule has 1 amide bonds. The Bertz CT molecular complexity index is 573. The normalized spacial score (nSPS) is 37.5. The maximum absolute atomic E-state index is 12.4. The fourth-order valence-electron chi connectivity index (χ4n) is 4.58. The monoisotopic (exact) mass is 252 g/mol. The van der Waals surface area contributed by atoms with Gasteiger partial charge in [-0.25, -0.2) is 0 Å². The first-order chi connectivity index (χ1) is 9.29. The molecule has 0 aliphatic heterocycles. The number of nitriles is 1. The molecule has 96 valence electrons. The lowest BCUT2D eigenvalue weighted by Gasteiger charge is -2.10. The van der Waals surface area contributed by atoms with E-state index >= 15 is 0 Å². The second-order valence-electron chi connectivity index (χ2n) is 6.16. The molecular weight excluding hydrogens is 236 g/mol. The molecule has 0 spiro atoms. The van der Waals surface area contributed by atoms with Gasteiger partial charge in [0.2, 0.25) is 5.91 Å². The SMILES string of the molecule is N#Cc1ccccc1NC(=O)C1C2C3CCC(C3)C12. The average molecular weight is 252 g/mol. The standard InChI is InChI=1S/C16H16N2O/c17-8-11-3-1-2-4-12(11)18-16(19)15-13-9-5-6-10(7-9)14(13)15/h1-4,9-10,13-15H,5-7H2,(H,18,19). The van der Waals surface area contributed by atoms with E-state index in [0.717, 1.165) is 11.8 Å². The highest BCUT2D eigenvalue weighted by molar-refractivity contribution is 5.96. The van der Waals surface area contributed by atoms with Gasteiger partial charge in [-0.3, -0.25) is 4.79 Å². The van der Waals surface area contributed by atoms with Crippen LogP contribution in [0, 0.1) is 40.9 Å². The number of nitrogens with zero attached hydrogens (tertiary/aromatic N) is 1. The van der Waals surface area contributed by atoms with Gasteiger partial charge in [0.1, 0.15) is 6.07 Å². The van der Waals surface area contributed by atoms with Crippen molar-refractivity contribution in [2.24, 2.45) is 29.6 Å². The summed E-state index contributed by atoms with van der Waals surface area (Å²) in [5.41, 5.74) is 1.21. The zero-order valence-electron chi connectivity index (χ0n) is 10.7. The molecule has 4 rings (SSSR count). The van der Waals surface area contributed by atoms with Gasteiger partial charge in [0, 0.05) is 5.92 Å². The number of carbonyl (C=O) groups is 1. The largest absolute Gasteiger partial charge is 0.325 e. The van der Waals surface area contributed by atoms with Crippen LogP contribution in [-0.4, -0.2) is 5.91 Å². The molecule has 1 N–H and O–H groups in total. The van der Waals surface area contributed by atoms with E-state index in [4.69, 9.17) is 5.26 Å². The second kappa shape index (κ2) is 3.84. The van der Waals surface area contributed by atoms with E-state index < -0.39 is 0 Å². The Morgan fingerprint density at radius 1 is 1.21 bits per heavy atom. The number of hydrogen-bond acceptors (Lipinski definition) is 2. The molecule has 3 aliphatic rings. The van der Waals surface area contributed by atoms with E-state index in [9.17, 15) is 4.79 Å². The number of amides is 1. The molecule has 0 aromatic heterocycles. The van der Waals surface area contributed by atoms with Gasteiger partial charge in [-0.2, -0.15) is 5.26 Å². The molecule has 3 heteroatoms. The third-order valence-corrected chi connectivity index (χ3v) is 5.34. The molecule has 1 aromatic rings. The molecule has 19 heavy (non-hydrogen) atoms. The smallest absolute Gasteiger partial charge is 0.228 e. The molecule has 4 atom stereocenters. The van der Waals surface area contributed by atoms with Crippen molar-refractivity contribution in [3.63, 3.8) is 0 Å². The highest BCUT2D eigenvalue weighted by Crippen LogP contribution is 2.69. The van der Waals surface area contributed by atoms with Crippen LogP contribution in [0.3, 0.4) is 0 Å². The van der Waals surface area contributed by atoms with Crippen molar-refractivity contribution in [2.45, 2.75) is 19.3 Å². The van der Waals surface area contributed by atoms with Gasteiger partial charge in [0.15, 0.2) is 0 Å². The zero-order valence-corrected chi connectivity index (χ0v) is 10.7. The Hall–Kier alpha value is -1.82. The van der Waals surface area contributed by atoms with Crippen LogP contribution in [0.4, 0.5) is 5.69 Å². The minimum absolute atomic E-state index is 0.134. The van der Waals surface area contributed by atoms with Gasteiger partial charge in [-0.05, 0) is 55.1 Å². The van der Waals surface area contributed by atoms with Crippen molar-refractivity contribution < 1.29 is 4.79 Å². The molecule has 3 fully saturated rings. The molecule has 0 heterocycles. The maximum atomic E-state index is 12.4. The van der Waals surface area contributed by atoms with E-state index in [2.05, 4.69) is 11.4 Å². The van der Waals surface area contributed by atoms with Crippen molar-refractivity contribution in [3.8, 4) is 6.07 Å². The molecular formula is C16H16N2O. The van der Waals surface area contributed by atoms with Crippen molar-refractivity contribution in [1.29, 1.82) is 5.26 Å². The molecule has 0 radical (unpaired) electrons. The third kappa shape index (κ3) is 1.53. The predicted molar refractivity (Wildman–Crippen MR) is 71.1 cm³/mol. The summed E-state index contributed by atoms with van der Waals surface area (Å²) >= 11 is 0. The van der Waals surface area contributed by atoms with E-state index in [1.54, 1.807) is 6.07 Å². The van der Waals surface area contributed by atoms with Crippen molar-refractivity contribution >= 4 is 11.6 Å². The number of carbonyl (C=O) groups excluding carboxylic acids is 1. The fraction of sp³-hybridized carbons (Fsp3) is 0.500. The van der Waals surface area contributed by atoms with E-state index in [0.29, 0.717) is 23.1 Å². The van der Waals surface area contributed by atoms with Gasteiger partial charge < -0.3 is 5.32 Å². The third-order valence-electron chi connectivity index (χ3n) is 5.34. The Kier molecular flexibility index (Phi) is 2.23. The van der Waals surface area contributed by atoms with Crippen LogP contribution >= 0.6 is 0 Å². The summed E-state index contributed by atoms with van der Waals surface area (Å²) in [6.45, 7) is 0. The summed E-state index contributed by atoms with van der Waals surface area (Å²) < 4.78 is 0. The number of rotatable bonds is 2. The van der Waals surface area contributed by atoms with Crippen LogP contribution in [0.15, 0.2) is 24.3 Å². The van der Waals surface area contributed by atoms with Crippen LogP contribution in [0.25, 0.3) is 0 Å². The first-order valence-corrected chi connectivity index (χ1v) is 7.09. The van der Waals surface area contributed by atoms with Crippen molar-refractivity contribution in [2.75, 3.05) is 5.32 Å². The van der Waals surface area contributed by atoms with Gasteiger partial charge in [-0.15, -0.1) is 0 Å². The summed E-state index contributed by atoms with van der Waals surface area (Å²) in [6, 6.07) is 9.35. The lowest BCUT2D eigenvalue weighted by molar-refractivity contribution is -0.118. The molecule has 4 unspecified atom stereocenters. The average Bonchev–Trinajstić information content (AvgIpc) is 2.88. The number of hydrogen-bond donors (Lipinski definition) is 1. The van der Waals surface area contributed by atoms with Crippen molar-refractivity contribution in [1.82, 2.24) is 0 Å². The number of benzene rings is 1. The summed E-state index contributed by atoms with van der Waals surface area (Å²) in [5.74, 6) is 3.25. The first-order valence-electron chi connectivity index (χ1n) is 7.09. The number of nitrogens with one attached hydrogen (secondary N) is 1. The van der Waals surface area contributed by atoms with E-state index in [-0.39, 0.29) is 11.8 Å². The van der Waals surface area contributed by atoms with Crippen LogP contribution in [0.2, 0.25) is 0 Å². The highest BCUT2D eigenvalue weighted by Gasteiger charge is 2.67. The second-order valence-corrected chi connectivity index (χ2v) is 6.16. The molecule has 3 saturated carbocycles. The maximum Gasteiger partial charge on any atom is 0.228 e. The Labute approximate surface area is 112 Å². The van der Waals surface area contributed by atoms with Gasteiger partial charge >= 0.3 is 0 Å². The minimum atomic E-state index is 0.134. The van der Waals surface area contributed by atoms with Crippen molar-refractivity contribution in [3.05, 3.63) is 29.8 Å². The van der Waals surface area contributed by atoms with E-state index in [1.165, 1.54) is 19.3 Å².